The van der Waals surface area contributed by atoms with Gasteiger partial charge in [-0.3, -0.25) is 9.59 Å². The van der Waals surface area contributed by atoms with Crippen LogP contribution in [-0.4, -0.2) is 46.7 Å². The van der Waals surface area contributed by atoms with Gasteiger partial charge in [-0.15, -0.1) is 0 Å². The van der Waals surface area contributed by atoms with Gasteiger partial charge in [0.15, 0.2) is 0 Å². The number of likely N-dealkylation sites (tertiary alicyclic amines) is 1. The summed E-state index contributed by atoms with van der Waals surface area (Å²) in [7, 11) is 3.38. The number of aryl methyl sites for hydroxylation is 1. The van der Waals surface area contributed by atoms with Crippen LogP contribution in [0.1, 0.15) is 42.5 Å². The molecule has 0 saturated carbocycles. The van der Waals surface area contributed by atoms with E-state index >= 15 is 0 Å². The Morgan fingerprint density at radius 1 is 1.36 bits per heavy atom. The minimum Gasteiger partial charge on any atom is -0.385 e. The van der Waals surface area contributed by atoms with Crippen LogP contribution in [0.4, 0.5) is 0 Å². The number of hydrogen-bond acceptors (Lipinski definition) is 4. The number of amides is 1. The Morgan fingerprint density at radius 3 is 3.00 bits per heavy atom. The molecule has 0 unspecified atom stereocenters. The number of nitrogens with zero attached hydrogens (tertiary/aromatic N) is 3. The van der Waals surface area contributed by atoms with Crippen LogP contribution >= 0.6 is 0 Å². The predicted molar refractivity (Wildman–Crippen MR) is 96.8 cm³/mol. The summed E-state index contributed by atoms with van der Waals surface area (Å²) in [6.45, 7) is 1.51. The van der Waals surface area contributed by atoms with Crippen molar-refractivity contribution >= 4 is 16.8 Å². The lowest BCUT2D eigenvalue weighted by Gasteiger charge is -2.36. The summed E-state index contributed by atoms with van der Waals surface area (Å²) in [5.74, 6) is 0.0338. The molecule has 2 heterocycles. The van der Waals surface area contributed by atoms with Gasteiger partial charge in [0, 0.05) is 38.9 Å². The van der Waals surface area contributed by atoms with Crippen molar-refractivity contribution in [2.24, 2.45) is 7.05 Å². The molecule has 1 atom stereocenters. The van der Waals surface area contributed by atoms with E-state index in [0.29, 0.717) is 16.5 Å². The number of carbonyl (C=O) groups is 1. The van der Waals surface area contributed by atoms with E-state index in [0.717, 1.165) is 45.3 Å². The first kappa shape index (κ1) is 17.6. The van der Waals surface area contributed by atoms with Crippen LogP contribution in [0, 0.1) is 0 Å². The molecule has 134 valence electrons. The number of ether oxygens (including phenoxy) is 1. The molecule has 2 aromatic rings. The van der Waals surface area contributed by atoms with Gasteiger partial charge in [-0.1, -0.05) is 0 Å². The van der Waals surface area contributed by atoms with Gasteiger partial charge in [-0.05, 0) is 50.3 Å². The van der Waals surface area contributed by atoms with Crippen molar-refractivity contribution in [2.75, 3.05) is 20.3 Å². The molecule has 0 N–H and O–H groups in total. The zero-order chi connectivity index (χ0) is 17.8. The molecule has 0 spiro atoms. The molecule has 0 bridgehead atoms. The average Bonchev–Trinajstić information content (AvgIpc) is 2.64. The summed E-state index contributed by atoms with van der Waals surface area (Å²) in [5.41, 5.74) is 1.08. The number of fused-ring (bicyclic) bond motifs is 1. The largest absolute Gasteiger partial charge is 0.385 e. The molecule has 0 radical (unpaired) electrons. The topological polar surface area (TPSA) is 64.4 Å². The van der Waals surface area contributed by atoms with Crippen molar-refractivity contribution in [2.45, 2.75) is 38.1 Å². The molecule has 1 amide bonds. The van der Waals surface area contributed by atoms with E-state index in [1.807, 2.05) is 4.90 Å². The molecule has 1 saturated heterocycles. The van der Waals surface area contributed by atoms with E-state index in [1.54, 1.807) is 32.4 Å². The minimum absolute atomic E-state index is 0.0338. The molecule has 1 aliphatic rings. The van der Waals surface area contributed by atoms with E-state index in [9.17, 15) is 9.59 Å². The van der Waals surface area contributed by atoms with Crippen LogP contribution in [-0.2, 0) is 11.8 Å². The first-order valence-corrected chi connectivity index (χ1v) is 8.87. The molecule has 1 aliphatic heterocycles. The Balaban J connectivity index is 1.84. The van der Waals surface area contributed by atoms with Gasteiger partial charge in [0.25, 0.3) is 11.5 Å². The van der Waals surface area contributed by atoms with E-state index < -0.39 is 0 Å². The summed E-state index contributed by atoms with van der Waals surface area (Å²) in [4.78, 5) is 31.4. The highest BCUT2D eigenvalue weighted by atomic mass is 16.5. The molecular formula is C19H25N3O3. The van der Waals surface area contributed by atoms with Crippen LogP contribution in [0.25, 0.3) is 10.9 Å². The fourth-order valence-electron chi connectivity index (χ4n) is 3.54. The highest BCUT2D eigenvalue weighted by Crippen LogP contribution is 2.23. The van der Waals surface area contributed by atoms with Gasteiger partial charge in [0.2, 0.25) is 0 Å². The molecule has 6 nitrogen and oxygen atoms in total. The lowest BCUT2D eigenvalue weighted by molar-refractivity contribution is 0.0585. The van der Waals surface area contributed by atoms with E-state index in [4.69, 9.17) is 4.74 Å². The van der Waals surface area contributed by atoms with Gasteiger partial charge in [0.05, 0.1) is 17.2 Å². The maximum absolute atomic E-state index is 13.0. The molecule has 0 aliphatic carbocycles. The Bertz CT molecular complexity index is 815. The highest BCUT2D eigenvalue weighted by Gasteiger charge is 2.27. The second-order valence-corrected chi connectivity index (χ2v) is 6.68. The molecular weight excluding hydrogens is 318 g/mol. The fourth-order valence-corrected chi connectivity index (χ4v) is 3.54. The lowest BCUT2D eigenvalue weighted by Crippen LogP contribution is -2.43. The van der Waals surface area contributed by atoms with Gasteiger partial charge < -0.3 is 14.2 Å². The van der Waals surface area contributed by atoms with Crippen LogP contribution in [0.3, 0.4) is 0 Å². The van der Waals surface area contributed by atoms with Crippen LogP contribution in [0.5, 0.6) is 0 Å². The highest BCUT2D eigenvalue weighted by molar-refractivity contribution is 5.97. The van der Waals surface area contributed by atoms with Crippen molar-refractivity contribution in [1.82, 2.24) is 14.5 Å². The number of aromatic nitrogens is 2. The Hall–Kier alpha value is -2.21. The number of hydrogen-bond donors (Lipinski definition) is 0. The van der Waals surface area contributed by atoms with Gasteiger partial charge in [-0.2, -0.15) is 0 Å². The molecule has 1 fully saturated rings. The summed E-state index contributed by atoms with van der Waals surface area (Å²) >= 11 is 0. The summed E-state index contributed by atoms with van der Waals surface area (Å²) in [6, 6.07) is 5.46. The van der Waals surface area contributed by atoms with E-state index in [-0.39, 0.29) is 17.5 Å². The zero-order valence-electron chi connectivity index (χ0n) is 14.9. The molecule has 25 heavy (non-hydrogen) atoms. The van der Waals surface area contributed by atoms with Gasteiger partial charge >= 0.3 is 0 Å². The second-order valence-electron chi connectivity index (χ2n) is 6.68. The zero-order valence-corrected chi connectivity index (χ0v) is 14.9. The van der Waals surface area contributed by atoms with Crippen molar-refractivity contribution in [1.29, 1.82) is 0 Å². The second kappa shape index (κ2) is 7.78. The minimum atomic E-state index is -0.0978. The molecule has 1 aromatic carbocycles. The third-order valence-electron chi connectivity index (χ3n) is 4.94. The smallest absolute Gasteiger partial charge is 0.260 e. The monoisotopic (exact) mass is 343 g/mol. The van der Waals surface area contributed by atoms with E-state index in [1.165, 1.54) is 10.9 Å². The Labute approximate surface area is 147 Å². The number of rotatable bonds is 5. The van der Waals surface area contributed by atoms with Crippen LogP contribution in [0.2, 0.25) is 0 Å². The number of carbonyl (C=O) groups excluding carboxylic acids is 1. The van der Waals surface area contributed by atoms with Gasteiger partial charge in [0.1, 0.15) is 0 Å². The third-order valence-corrected chi connectivity index (χ3v) is 4.94. The number of piperidine rings is 1. The van der Waals surface area contributed by atoms with Crippen molar-refractivity contribution < 1.29 is 9.53 Å². The molecule has 1 aromatic heterocycles. The normalized spacial score (nSPS) is 17.8. The van der Waals surface area contributed by atoms with Crippen molar-refractivity contribution in [3.8, 4) is 0 Å². The fraction of sp³-hybridized carbons (Fsp3) is 0.526. The summed E-state index contributed by atoms with van der Waals surface area (Å²) in [5, 5.41) is 0.539. The quantitative estimate of drug-likeness (QED) is 0.782. The first-order valence-electron chi connectivity index (χ1n) is 8.87. The third kappa shape index (κ3) is 3.74. The average molecular weight is 343 g/mol. The maximum atomic E-state index is 13.0. The van der Waals surface area contributed by atoms with E-state index in [2.05, 4.69) is 4.98 Å². The van der Waals surface area contributed by atoms with Gasteiger partial charge in [-0.25, -0.2) is 4.98 Å². The summed E-state index contributed by atoms with van der Waals surface area (Å²) in [6.07, 6.45) is 6.66. The standard InChI is InChI=1S/C19H25N3O3/c1-21-13-20-17-12-14(8-9-16(17)19(21)24)18(23)22-10-4-3-6-15(22)7-5-11-25-2/h8-9,12-13,15H,3-7,10-11H2,1-2H3/t15-/m0/s1. The van der Waals surface area contributed by atoms with Crippen molar-refractivity contribution in [3.05, 3.63) is 40.4 Å². The van der Waals surface area contributed by atoms with Crippen molar-refractivity contribution in [3.63, 3.8) is 0 Å². The summed E-state index contributed by atoms with van der Waals surface area (Å²) < 4.78 is 6.58. The Morgan fingerprint density at radius 2 is 2.20 bits per heavy atom. The van der Waals surface area contributed by atoms with Crippen LogP contribution in [0.15, 0.2) is 29.3 Å². The maximum Gasteiger partial charge on any atom is 0.260 e. The molecule has 6 heteroatoms. The predicted octanol–water partition coefficient (Wildman–Crippen LogP) is 2.35. The lowest BCUT2D eigenvalue weighted by atomic mass is 9.97. The van der Waals surface area contributed by atoms with Crippen LogP contribution < -0.4 is 5.56 Å². The first-order chi connectivity index (χ1) is 12.1. The number of benzene rings is 1. The number of methoxy groups -OCH3 is 1. The Kier molecular flexibility index (Phi) is 5.48. The molecule has 3 rings (SSSR count). The SMILES string of the molecule is COCCC[C@@H]1CCCCN1C(=O)c1ccc2c(=O)n(C)cnc2c1.